The number of thioether (sulfide) groups is 1. The normalized spacial score (nSPS) is 13.2. The minimum Gasteiger partial charge on any atom is -0.338 e. The third kappa shape index (κ3) is 3.04. The van der Waals surface area contributed by atoms with E-state index in [9.17, 15) is 0 Å². The number of nitrogens with one attached hydrogen (secondary N) is 1. The van der Waals surface area contributed by atoms with Crippen LogP contribution in [0, 0.1) is 0 Å². The van der Waals surface area contributed by atoms with Gasteiger partial charge in [0.1, 0.15) is 5.82 Å². The van der Waals surface area contributed by atoms with Crippen LogP contribution >= 0.6 is 11.8 Å². The van der Waals surface area contributed by atoms with Crippen LogP contribution in [0.15, 0.2) is 12.4 Å². The molecular weight excluding hydrogens is 182 g/mol. The molecule has 1 rings (SSSR count). The molecule has 0 amide bonds. The smallest absolute Gasteiger partial charge is 0.109 e. The van der Waals surface area contributed by atoms with E-state index in [-0.39, 0.29) is 0 Å². The van der Waals surface area contributed by atoms with E-state index < -0.39 is 0 Å². The maximum atomic E-state index is 4.30. The fourth-order valence-electron chi connectivity index (χ4n) is 1.26. The Bertz CT molecular complexity index is 247. The highest BCUT2D eigenvalue weighted by atomic mass is 32.2. The van der Waals surface area contributed by atoms with E-state index in [0.717, 1.165) is 18.0 Å². The molecule has 1 unspecified atom stereocenters. The van der Waals surface area contributed by atoms with Gasteiger partial charge in [0.15, 0.2) is 0 Å². The van der Waals surface area contributed by atoms with Crippen LogP contribution in [-0.4, -0.2) is 34.6 Å². The topological polar surface area (TPSA) is 29.9 Å². The van der Waals surface area contributed by atoms with Gasteiger partial charge in [-0.05, 0) is 13.3 Å². The second-order valence-corrected chi connectivity index (χ2v) is 4.01. The van der Waals surface area contributed by atoms with Gasteiger partial charge in [0, 0.05) is 37.7 Å². The molecule has 0 aliphatic heterocycles. The Kier molecular flexibility index (Phi) is 4.32. The minimum absolute atomic E-state index is 0.524. The summed E-state index contributed by atoms with van der Waals surface area (Å²) in [6, 6.07) is 0.524. The third-order valence-corrected chi connectivity index (χ3v) is 2.86. The Hall–Kier alpha value is -0.480. The molecule has 1 N–H and O–H groups in total. The van der Waals surface area contributed by atoms with E-state index in [1.54, 1.807) is 0 Å². The summed E-state index contributed by atoms with van der Waals surface area (Å²) in [5.41, 5.74) is 0. The zero-order valence-electron chi connectivity index (χ0n) is 8.45. The van der Waals surface area contributed by atoms with Crippen molar-refractivity contribution in [2.75, 3.05) is 19.1 Å². The molecule has 3 nitrogen and oxygen atoms in total. The van der Waals surface area contributed by atoms with Crippen molar-refractivity contribution in [2.45, 2.75) is 12.5 Å². The average Bonchev–Trinajstić information content (AvgIpc) is 2.51. The summed E-state index contributed by atoms with van der Waals surface area (Å²) in [7, 11) is 4.04. The number of aryl methyl sites for hydroxylation is 1. The van der Waals surface area contributed by atoms with Crippen molar-refractivity contribution in [3.05, 3.63) is 18.2 Å². The van der Waals surface area contributed by atoms with Crippen molar-refractivity contribution in [2.24, 2.45) is 7.05 Å². The lowest BCUT2D eigenvalue weighted by Gasteiger charge is -2.14. The van der Waals surface area contributed by atoms with E-state index in [0.29, 0.717) is 6.04 Å². The fraction of sp³-hybridized carbons (Fsp3) is 0.667. The van der Waals surface area contributed by atoms with Crippen molar-refractivity contribution < 1.29 is 0 Å². The van der Waals surface area contributed by atoms with Crippen LogP contribution < -0.4 is 5.32 Å². The van der Waals surface area contributed by atoms with Crippen molar-refractivity contribution >= 4 is 11.8 Å². The first-order chi connectivity index (χ1) is 6.27. The molecule has 0 fully saturated rings. The van der Waals surface area contributed by atoms with E-state index >= 15 is 0 Å². The van der Waals surface area contributed by atoms with Crippen LogP contribution in [0.25, 0.3) is 0 Å². The Morgan fingerprint density at radius 3 is 2.92 bits per heavy atom. The Labute approximate surface area is 83.9 Å². The molecule has 1 aromatic rings. The summed E-state index contributed by atoms with van der Waals surface area (Å²) in [4.78, 5) is 4.30. The Morgan fingerprint density at radius 1 is 1.69 bits per heavy atom. The lowest BCUT2D eigenvalue weighted by molar-refractivity contribution is 0.586. The highest BCUT2D eigenvalue weighted by molar-refractivity contribution is 7.98. The van der Waals surface area contributed by atoms with E-state index in [2.05, 4.69) is 21.1 Å². The molecule has 13 heavy (non-hydrogen) atoms. The average molecular weight is 199 g/mol. The molecule has 74 valence electrons. The molecule has 0 aliphatic carbocycles. The quantitative estimate of drug-likeness (QED) is 0.764. The first-order valence-corrected chi connectivity index (χ1v) is 5.79. The molecule has 0 saturated heterocycles. The van der Waals surface area contributed by atoms with Gasteiger partial charge in [0.25, 0.3) is 0 Å². The van der Waals surface area contributed by atoms with Crippen LogP contribution in [0.3, 0.4) is 0 Å². The number of rotatable bonds is 5. The van der Waals surface area contributed by atoms with Gasteiger partial charge in [0.2, 0.25) is 0 Å². The van der Waals surface area contributed by atoms with Gasteiger partial charge >= 0.3 is 0 Å². The van der Waals surface area contributed by atoms with Gasteiger partial charge in [-0.25, -0.2) is 4.98 Å². The van der Waals surface area contributed by atoms with E-state index in [4.69, 9.17) is 0 Å². The van der Waals surface area contributed by atoms with Gasteiger partial charge < -0.3 is 9.88 Å². The maximum absolute atomic E-state index is 4.30. The number of hydrogen-bond donors (Lipinski definition) is 1. The molecule has 1 aromatic heterocycles. The summed E-state index contributed by atoms with van der Waals surface area (Å²) in [5.74, 6) is 2.28. The van der Waals surface area contributed by atoms with Gasteiger partial charge in [-0.15, -0.1) is 0 Å². The predicted octanol–water partition coefficient (Wildman–Crippen LogP) is 0.914. The maximum Gasteiger partial charge on any atom is 0.109 e. The van der Waals surface area contributed by atoms with Gasteiger partial charge in [-0.1, -0.05) is 0 Å². The summed E-state index contributed by atoms with van der Waals surface area (Å²) in [6.07, 6.45) is 6.96. The first-order valence-electron chi connectivity index (χ1n) is 4.40. The summed E-state index contributed by atoms with van der Waals surface area (Å²) in [5, 5.41) is 3.29. The van der Waals surface area contributed by atoms with Crippen LogP contribution in [0.2, 0.25) is 0 Å². The molecule has 0 saturated carbocycles. The monoisotopic (exact) mass is 199 g/mol. The largest absolute Gasteiger partial charge is 0.338 e. The predicted molar refractivity (Wildman–Crippen MR) is 58.1 cm³/mol. The molecule has 0 bridgehead atoms. The molecule has 0 spiro atoms. The lowest BCUT2D eigenvalue weighted by atomic mass is 10.2. The van der Waals surface area contributed by atoms with Crippen LogP contribution in [-0.2, 0) is 13.5 Å². The second-order valence-electron chi connectivity index (χ2n) is 3.10. The van der Waals surface area contributed by atoms with Gasteiger partial charge in [-0.3, -0.25) is 0 Å². The Morgan fingerprint density at radius 2 is 2.46 bits per heavy atom. The van der Waals surface area contributed by atoms with Crippen LogP contribution in [0.4, 0.5) is 0 Å². The molecule has 4 heteroatoms. The lowest BCUT2D eigenvalue weighted by Crippen LogP contribution is -2.30. The summed E-state index contributed by atoms with van der Waals surface area (Å²) in [6.45, 7) is 0. The molecule has 1 atom stereocenters. The number of hydrogen-bond acceptors (Lipinski definition) is 3. The molecular formula is C9H17N3S. The van der Waals surface area contributed by atoms with Crippen LogP contribution in [0.5, 0.6) is 0 Å². The molecule has 0 radical (unpaired) electrons. The standard InChI is InChI=1S/C9H17N3S/c1-10-8(7-13-3)6-9-11-4-5-12(9)2/h4-5,8,10H,6-7H2,1-3H3. The van der Waals surface area contributed by atoms with E-state index in [1.807, 2.05) is 38.3 Å². The molecule has 0 aliphatic rings. The fourth-order valence-corrected chi connectivity index (χ4v) is 1.95. The van der Waals surface area contributed by atoms with Crippen molar-refractivity contribution in [3.63, 3.8) is 0 Å². The SMILES string of the molecule is CNC(CSC)Cc1nccn1C. The minimum atomic E-state index is 0.524. The third-order valence-electron chi connectivity index (χ3n) is 2.13. The van der Waals surface area contributed by atoms with Gasteiger partial charge in [0.05, 0.1) is 0 Å². The highest BCUT2D eigenvalue weighted by Crippen LogP contribution is 2.04. The van der Waals surface area contributed by atoms with Gasteiger partial charge in [-0.2, -0.15) is 11.8 Å². The van der Waals surface area contributed by atoms with Crippen molar-refractivity contribution in [1.82, 2.24) is 14.9 Å². The van der Waals surface area contributed by atoms with Crippen molar-refractivity contribution in [1.29, 1.82) is 0 Å². The number of aromatic nitrogens is 2. The number of nitrogens with zero attached hydrogens (tertiary/aromatic N) is 2. The van der Waals surface area contributed by atoms with Crippen LogP contribution in [0.1, 0.15) is 5.82 Å². The zero-order chi connectivity index (χ0) is 9.68. The highest BCUT2D eigenvalue weighted by Gasteiger charge is 2.08. The molecule has 0 aromatic carbocycles. The number of imidazole rings is 1. The first kappa shape index (κ1) is 10.6. The summed E-state index contributed by atoms with van der Waals surface area (Å²) < 4.78 is 2.07. The zero-order valence-corrected chi connectivity index (χ0v) is 9.27. The number of likely N-dealkylation sites (N-methyl/N-ethyl adjacent to an activating group) is 1. The summed E-state index contributed by atoms with van der Waals surface area (Å²) >= 11 is 1.86. The molecule has 1 heterocycles. The van der Waals surface area contributed by atoms with E-state index in [1.165, 1.54) is 0 Å². The van der Waals surface area contributed by atoms with Crippen molar-refractivity contribution in [3.8, 4) is 0 Å². The second kappa shape index (κ2) is 5.29. The Balaban J connectivity index is 2.51.